The van der Waals surface area contributed by atoms with E-state index in [-0.39, 0.29) is 0 Å². The number of aryl methyl sites for hydroxylation is 2. The van der Waals surface area contributed by atoms with Gasteiger partial charge in [0.25, 0.3) is 0 Å². The number of aromatic amines is 1. The molecule has 0 saturated carbocycles. The first kappa shape index (κ1) is 14.7. The van der Waals surface area contributed by atoms with Gasteiger partial charge in [-0.3, -0.25) is 0 Å². The highest BCUT2D eigenvalue weighted by Crippen LogP contribution is 2.34. The van der Waals surface area contributed by atoms with E-state index >= 15 is 0 Å². The highest BCUT2D eigenvalue weighted by Gasteiger charge is 2.18. The van der Waals surface area contributed by atoms with Crippen LogP contribution in [-0.4, -0.2) is 10.1 Å². The summed E-state index contributed by atoms with van der Waals surface area (Å²) in [4.78, 5) is 3.58. The minimum absolute atomic E-state index is 0.316. The van der Waals surface area contributed by atoms with E-state index < -0.39 is 0 Å². The smallest absolute Gasteiger partial charge is 0.116 e. The summed E-state index contributed by atoms with van der Waals surface area (Å²) < 4.78 is 0. The molecule has 0 spiro atoms. The molecule has 22 heavy (non-hydrogen) atoms. The van der Waals surface area contributed by atoms with Crippen LogP contribution in [0.1, 0.15) is 48.6 Å². The SMILES string of the molecule is CCCc1c(C(C)c2ccc(C)cc2)[nH]c2ccc(O)cc12. The van der Waals surface area contributed by atoms with Crippen molar-refractivity contribution in [3.63, 3.8) is 0 Å². The van der Waals surface area contributed by atoms with Crippen molar-refractivity contribution >= 4 is 10.9 Å². The van der Waals surface area contributed by atoms with Crippen LogP contribution in [0.15, 0.2) is 42.5 Å². The molecular weight excluding hydrogens is 270 g/mol. The average Bonchev–Trinajstić information content (AvgIpc) is 2.86. The third kappa shape index (κ3) is 2.61. The molecule has 0 radical (unpaired) electrons. The van der Waals surface area contributed by atoms with Gasteiger partial charge in [0.2, 0.25) is 0 Å². The van der Waals surface area contributed by atoms with Crippen molar-refractivity contribution < 1.29 is 5.11 Å². The maximum absolute atomic E-state index is 9.80. The molecule has 0 saturated heterocycles. The molecule has 1 atom stereocenters. The lowest BCUT2D eigenvalue weighted by molar-refractivity contribution is 0.476. The van der Waals surface area contributed by atoms with E-state index in [0.29, 0.717) is 11.7 Å². The van der Waals surface area contributed by atoms with Gasteiger partial charge in [0.05, 0.1) is 0 Å². The molecule has 2 N–H and O–H groups in total. The molecule has 114 valence electrons. The van der Waals surface area contributed by atoms with Gasteiger partial charge in [0.1, 0.15) is 5.75 Å². The first-order valence-electron chi connectivity index (χ1n) is 8.00. The van der Waals surface area contributed by atoms with Crippen molar-refractivity contribution in [2.45, 2.75) is 39.5 Å². The third-order valence-electron chi connectivity index (χ3n) is 4.43. The highest BCUT2D eigenvalue weighted by atomic mass is 16.3. The van der Waals surface area contributed by atoms with Crippen molar-refractivity contribution in [3.8, 4) is 5.75 Å². The van der Waals surface area contributed by atoms with Gasteiger partial charge in [0, 0.05) is 22.5 Å². The lowest BCUT2D eigenvalue weighted by Gasteiger charge is -2.13. The van der Waals surface area contributed by atoms with Gasteiger partial charge < -0.3 is 10.1 Å². The number of fused-ring (bicyclic) bond motifs is 1. The molecule has 0 amide bonds. The number of phenolic OH excluding ortho intramolecular Hbond substituents is 1. The fourth-order valence-electron chi connectivity index (χ4n) is 3.17. The maximum Gasteiger partial charge on any atom is 0.116 e. The number of H-pyrrole nitrogens is 1. The number of hydrogen-bond acceptors (Lipinski definition) is 1. The van der Waals surface area contributed by atoms with Crippen LogP contribution in [0.2, 0.25) is 0 Å². The standard InChI is InChI=1S/C20H23NO/c1-4-5-17-18-12-16(22)10-11-19(18)21-20(17)14(3)15-8-6-13(2)7-9-15/h6-12,14,21-22H,4-5H2,1-3H3. The molecule has 1 aromatic heterocycles. The summed E-state index contributed by atoms with van der Waals surface area (Å²) in [5, 5.41) is 11.0. The van der Waals surface area contributed by atoms with E-state index in [1.165, 1.54) is 22.4 Å². The molecular formula is C20H23NO. The van der Waals surface area contributed by atoms with Gasteiger partial charge in [0.15, 0.2) is 0 Å². The summed E-state index contributed by atoms with van der Waals surface area (Å²) >= 11 is 0. The Hall–Kier alpha value is -2.22. The second-order valence-corrected chi connectivity index (χ2v) is 6.13. The Balaban J connectivity index is 2.12. The summed E-state index contributed by atoms with van der Waals surface area (Å²) in [6.45, 7) is 6.55. The van der Waals surface area contributed by atoms with Gasteiger partial charge in [-0.2, -0.15) is 0 Å². The van der Waals surface area contributed by atoms with Gasteiger partial charge >= 0.3 is 0 Å². The molecule has 0 fully saturated rings. The average molecular weight is 293 g/mol. The van der Waals surface area contributed by atoms with Crippen LogP contribution in [0.5, 0.6) is 5.75 Å². The van der Waals surface area contributed by atoms with Crippen LogP contribution in [0.25, 0.3) is 10.9 Å². The van der Waals surface area contributed by atoms with Crippen molar-refractivity contribution in [1.29, 1.82) is 0 Å². The number of rotatable bonds is 4. The lowest BCUT2D eigenvalue weighted by Crippen LogP contribution is -2.00. The summed E-state index contributed by atoms with van der Waals surface area (Å²) in [6.07, 6.45) is 2.12. The first-order chi connectivity index (χ1) is 10.6. The number of phenols is 1. The zero-order valence-corrected chi connectivity index (χ0v) is 13.5. The molecule has 1 heterocycles. The molecule has 1 unspecified atom stereocenters. The minimum Gasteiger partial charge on any atom is -0.508 e. The summed E-state index contributed by atoms with van der Waals surface area (Å²) in [5.74, 6) is 0.648. The van der Waals surface area contributed by atoms with Crippen LogP contribution >= 0.6 is 0 Å². The number of aromatic nitrogens is 1. The Bertz CT molecular complexity index is 783. The summed E-state index contributed by atoms with van der Waals surface area (Å²) in [7, 11) is 0. The van der Waals surface area contributed by atoms with Gasteiger partial charge in [-0.15, -0.1) is 0 Å². The Morgan fingerprint density at radius 3 is 2.50 bits per heavy atom. The Kier molecular flexibility index (Phi) is 3.93. The molecule has 2 aromatic carbocycles. The lowest BCUT2D eigenvalue weighted by atomic mass is 9.92. The fourth-order valence-corrected chi connectivity index (χ4v) is 3.17. The fraction of sp³-hybridized carbons (Fsp3) is 0.300. The second kappa shape index (κ2) is 5.88. The zero-order valence-electron chi connectivity index (χ0n) is 13.5. The van der Waals surface area contributed by atoms with Gasteiger partial charge in [-0.25, -0.2) is 0 Å². The number of aromatic hydroxyl groups is 1. The molecule has 0 aliphatic heterocycles. The molecule has 0 aliphatic rings. The Labute approximate surface area is 131 Å². The van der Waals surface area contributed by atoms with E-state index in [2.05, 4.69) is 50.0 Å². The van der Waals surface area contributed by atoms with Crippen molar-refractivity contribution in [2.75, 3.05) is 0 Å². The third-order valence-corrected chi connectivity index (χ3v) is 4.43. The van der Waals surface area contributed by atoms with E-state index in [4.69, 9.17) is 0 Å². The molecule has 0 bridgehead atoms. The second-order valence-electron chi connectivity index (χ2n) is 6.13. The largest absolute Gasteiger partial charge is 0.508 e. The van der Waals surface area contributed by atoms with Crippen LogP contribution in [0, 0.1) is 6.92 Å². The Morgan fingerprint density at radius 1 is 1.09 bits per heavy atom. The number of benzene rings is 2. The normalized spacial score (nSPS) is 12.7. The minimum atomic E-state index is 0.316. The Morgan fingerprint density at radius 2 is 1.82 bits per heavy atom. The topological polar surface area (TPSA) is 36.0 Å². The molecule has 3 rings (SSSR count). The van der Waals surface area contributed by atoms with E-state index in [9.17, 15) is 5.11 Å². The maximum atomic E-state index is 9.80. The summed E-state index contributed by atoms with van der Waals surface area (Å²) in [5.41, 5.74) is 6.31. The predicted octanol–water partition coefficient (Wildman–Crippen LogP) is 5.29. The van der Waals surface area contributed by atoms with Crippen LogP contribution in [0.3, 0.4) is 0 Å². The zero-order chi connectivity index (χ0) is 15.7. The van der Waals surface area contributed by atoms with E-state index in [1.807, 2.05) is 12.1 Å². The highest BCUT2D eigenvalue weighted by molar-refractivity contribution is 5.86. The first-order valence-corrected chi connectivity index (χ1v) is 8.00. The predicted molar refractivity (Wildman–Crippen MR) is 92.7 cm³/mol. The van der Waals surface area contributed by atoms with Gasteiger partial charge in [-0.1, -0.05) is 50.1 Å². The molecule has 2 heteroatoms. The van der Waals surface area contributed by atoms with Crippen LogP contribution < -0.4 is 0 Å². The van der Waals surface area contributed by atoms with E-state index in [1.54, 1.807) is 6.07 Å². The van der Waals surface area contributed by atoms with Crippen molar-refractivity contribution in [2.24, 2.45) is 0 Å². The number of nitrogens with one attached hydrogen (secondary N) is 1. The van der Waals surface area contributed by atoms with Gasteiger partial charge in [-0.05, 0) is 42.7 Å². The monoisotopic (exact) mass is 293 g/mol. The molecule has 0 aliphatic carbocycles. The van der Waals surface area contributed by atoms with E-state index in [0.717, 1.165) is 23.7 Å². The molecule has 3 aromatic rings. The van der Waals surface area contributed by atoms with Crippen LogP contribution in [-0.2, 0) is 6.42 Å². The summed E-state index contributed by atoms with van der Waals surface area (Å²) in [6, 6.07) is 14.3. The van der Waals surface area contributed by atoms with Crippen molar-refractivity contribution in [1.82, 2.24) is 4.98 Å². The van der Waals surface area contributed by atoms with Crippen LogP contribution in [0.4, 0.5) is 0 Å². The quantitative estimate of drug-likeness (QED) is 0.674. The number of hydrogen-bond donors (Lipinski definition) is 2. The van der Waals surface area contributed by atoms with Crippen molar-refractivity contribution in [3.05, 3.63) is 64.8 Å². The molecule has 2 nitrogen and oxygen atoms in total.